The smallest absolute Gasteiger partial charge is 0.110 e. The van der Waals surface area contributed by atoms with Gasteiger partial charge in [0.2, 0.25) is 0 Å². The predicted molar refractivity (Wildman–Crippen MR) is 54.8 cm³/mol. The number of nitrogens with zero attached hydrogens (tertiary/aromatic N) is 2. The minimum absolute atomic E-state index is 0.780. The highest BCUT2D eigenvalue weighted by atomic mass is 79.9. The molecule has 0 aromatic heterocycles. The summed E-state index contributed by atoms with van der Waals surface area (Å²) in [5.41, 5.74) is 1.22. The van der Waals surface area contributed by atoms with Crippen LogP contribution in [0, 0.1) is 0 Å². The summed E-state index contributed by atoms with van der Waals surface area (Å²) < 4.78 is 1.13. The van der Waals surface area contributed by atoms with E-state index in [1.165, 1.54) is 5.69 Å². The summed E-state index contributed by atoms with van der Waals surface area (Å²) in [4.78, 5) is 6.37. The van der Waals surface area contributed by atoms with Gasteiger partial charge in [0.25, 0.3) is 0 Å². The van der Waals surface area contributed by atoms with Crippen LogP contribution >= 0.6 is 15.9 Å². The molecular formula is C9H9BrN2. The van der Waals surface area contributed by atoms with E-state index in [1.54, 1.807) is 0 Å². The third-order valence-electron chi connectivity index (χ3n) is 1.88. The second-order valence-electron chi connectivity index (χ2n) is 2.68. The van der Waals surface area contributed by atoms with Crippen molar-refractivity contribution < 1.29 is 0 Å². The van der Waals surface area contributed by atoms with Crippen molar-refractivity contribution in [3.05, 3.63) is 28.7 Å². The van der Waals surface area contributed by atoms with Crippen molar-refractivity contribution in [3.8, 4) is 0 Å². The van der Waals surface area contributed by atoms with Crippen LogP contribution in [0.2, 0.25) is 0 Å². The number of benzene rings is 1. The number of anilines is 1. The van der Waals surface area contributed by atoms with E-state index in [0.717, 1.165) is 17.7 Å². The second kappa shape index (κ2) is 3.27. The minimum atomic E-state index is 0.780. The molecule has 0 saturated carbocycles. The molecule has 1 heterocycles. The van der Waals surface area contributed by atoms with Crippen LogP contribution in [-0.2, 0) is 0 Å². The number of rotatable bonds is 1. The summed E-state index contributed by atoms with van der Waals surface area (Å²) in [6.07, 6.45) is 1.94. The van der Waals surface area contributed by atoms with Crippen molar-refractivity contribution in [1.29, 1.82) is 0 Å². The van der Waals surface area contributed by atoms with Gasteiger partial charge >= 0.3 is 0 Å². The third kappa shape index (κ3) is 1.37. The first-order chi connectivity index (χ1) is 5.88. The molecule has 0 fully saturated rings. The first-order valence-electron chi connectivity index (χ1n) is 3.86. The molecule has 62 valence electrons. The van der Waals surface area contributed by atoms with Gasteiger partial charge in [-0.1, -0.05) is 12.1 Å². The maximum Gasteiger partial charge on any atom is 0.110 e. The van der Waals surface area contributed by atoms with E-state index in [4.69, 9.17) is 0 Å². The fourth-order valence-electron chi connectivity index (χ4n) is 1.25. The Morgan fingerprint density at radius 3 is 2.83 bits per heavy atom. The first kappa shape index (κ1) is 7.80. The van der Waals surface area contributed by atoms with Crippen LogP contribution in [0.25, 0.3) is 0 Å². The predicted octanol–water partition coefficient (Wildman–Crippen LogP) is 2.30. The molecular weight excluding hydrogens is 216 g/mol. The van der Waals surface area contributed by atoms with E-state index < -0.39 is 0 Å². The molecule has 2 rings (SSSR count). The molecule has 0 bridgehead atoms. The zero-order valence-corrected chi connectivity index (χ0v) is 8.16. The van der Waals surface area contributed by atoms with Gasteiger partial charge in [-0.15, -0.1) is 0 Å². The standard InChI is InChI=1S/C9H9BrN2/c10-8-3-1-2-4-9(8)12-6-5-11-7-12/h1-5H,6-7H2. The molecule has 1 aliphatic heterocycles. The van der Waals surface area contributed by atoms with Crippen LogP contribution in [0.15, 0.2) is 33.7 Å². The zero-order valence-electron chi connectivity index (χ0n) is 6.57. The lowest BCUT2D eigenvalue weighted by Crippen LogP contribution is -2.19. The van der Waals surface area contributed by atoms with E-state index in [2.05, 4.69) is 31.9 Å². The Hall–Kier alpha value is -0.830. The van der Waals surface area contributed by atoms with E-state index in [-0.39, 0.29) is 0 Å². The largest absolute Gasteiger partial charge is 0.346 e. The Kier molecular flexibility index (Phi) is 2.13. The molecule has 0 spiro atoms. The van der Waals surface area contributed by atoms with Crippen LogP contribution in [0.3, 0.4) is 0 Å². The summed E-state index contributed by atoms with van der Waals surface area (Å²) in [6.45, 7) is 1.70. The third-order valence-corrected chi connectivity index (χ3v) is 2.55. The van der Waals surface area contributed by atoms with Crippen molar-refractivity contribution >= 4 is 27.8 Å². The minimum Gasteiger partial charge on any atom is -0.346 e. The van der Waals surface area contributed by atoms with E-state index in [0.29, 0.717) is 0 Å². The van der Waals surface area contributed by atoms with E-state index >= 15 is 0 Å². The molecule has 0 radical (unpaired) electrons. The average molecular weight is 225 g/mol. The fourth-order valence-corrected chi connectivity index (χ4v) is 1.79. The average Bonchev–Trinajstić information content (AvgIpc) is 2.57. The summed E-state index contributed by atoms with van der Waals surface area (Å²) in [6, 6.07) is 8.20. The van der Waals surface area contributed by atoms with E-state index in [9.17, 15) is 0 Å². The van der Waals surface area contributed by atoms with Crippen molar-refractivity contribution in [1.82, 2.24) is 0 Å². The highest BCUT2D eigenvalue weighted by Crippen LogP contribution is 2.25. The summed E-state index contributed by atoms with van der Waals surface area (Å²) in [5.74, 6) is 0. The normalized spacial score (nSPS) is 15.6. The quantitative estimate of drug-likeness (QED) is 0.715. The maximum atomic E-state index is 4.16. The van der Waals surface area contributed by atoms with Crippen LogP contribution in [0.4, 0.5) is 5.69 Å². The van der Waals surface area contributed by atoms with Gasteiger partial charge in [-0.25, -0.2) is 0 Å². The Labute approximate surface area is 80.0 Å². The molecule has 12 heavy (non-hydrogen) atoms. The van der Waals surface area contributed by atoms with Crippen molar-refractivity contribution in [2.45, 2.75) is 0 Å². The second-order valence-corrected chi connectivity index (χ2v) is 3.53. The number of halogens is 1. The van der Waals surface area contributed by atoms with Gasteiger partial charge in [0.15, 0.2) is 0 Å². The molecule has 1 aromatic carbocycles. The number of aliphatic imine (C=N–C) groups is 1. The van der Waals surface area contributed by atoms with Gasteiger partial charge in [-0.3, -0.25) is 4.99 Å². The van der Waals surface area contributed by atoms with Crippen LogP contribution < -0.4 is 4.90 Å². The topological polar surface area (TPSA) is 15.6 Å². The molecule has 0 N–H and O–H groups in total. The molecule has 0 aliphatic carbocycles. The Morgan fingerprint density at radius 1 is 1.33 bits per heavy atom. The van der Waals surface area contributed by atoms with Gasteiger partial charge in [-0.05, 0) is 28.1 Å². The van der Waals surface area contributed by atoms with Gasteiger partial charge in [0.1, 0.15) is 6.67 Å². The molecule has 3 heteroatoms. The lowest BCUT2D eigenvalue weighted by atomic mass is 10.3. The fraction of sp³-hybridized carbons (Fsp3) is 0.222. The molecule has 0 saturated heterocycles. The van der Waals surface area contributed by atoms with Crippen molar-refractivity contribution in [2.75, 3.05) is 18.1 Å². The van der Waals surface area contributed by atoms with Crippen LogP contribution in [0.1, 0.15) is 0 Å². The Balaban J connectivity index is 2.27. The summed E-state index contributed by atoms with van der Waals surface area (Å²) >= 11 is 3.51. The molecule has 1 aromatic rings. The monoisotopic (exact) mass is 224 g/mol. The van der Waals surface area contributed by atoms with Gasteiger partial charge < -0.3 is 4.90 Å². The summed E-state index contributed by atoms with van der Waals surface area (Å²) in [7, 11) is 0. The van der Waals surface area contributed by atoms with Crippen LogP contribution in [-0.4, -0.2) is 19.4 Å². The van der Waals surface area contributed by atoms with E-state index in [1.807, 2.05) is 24.4 Å². The number of hydrogen-bond donors (Lipinski definition) is 0. The first-order valence-corrected chi connectivity index (χ1v) is 4.65. The van der Waals surface area contributed by atoms with Gasteiger partial charge in [-0.2, -0.15) is 0 Å². The molecule has 1 aliphatic rings. The van der Waals surface area contributed by atoms with Crippen molar-refractivity contribution in [3.63, 3.8) is 0 Å². The lowest BCUT2D eigenvalue weighted by Gasteiger charge is -2.17. The van der Waals surface area contributed by atoms with Crippen LogP contribution in [0.5, 0.6) is 0 Å². The van der Waals surface area contributed by atoms with Gasteiger partial charge in [0, 0.05) is 10.7 Å². The number of hydrogen-bond acceptors (Lipinski definition) is 2. The number of para-hydroxylation sites is 1. The molecule has 0 unspecified atom stereocenters. The Bertz CT molecular complexity index is 301. The highest BCUT2D eigenvalue weighted by molar-refractivity contribution is 9.10. The zero-order chi connectivity index (χ0) is 8.39. The molecule has 2 nitrogen and oxygen atoms in total. The molecule has 0 amide bonds. The molecule has 0 atom stereocenters. The summed E-state index contributed by atoms with van der Waals surface area (Å²) in [5, 5.41) is 0. The Morgan fingerprint density at radius 2 is 2.17 bits per heavy atom. The SMILES string of the molecule is Brc1ccccc1N1CC=NC1. The van der Waals surface area contributed by atoms with Crippen molar-refractivity contribution in [2.24, 2.45) is 4.99 Å². The van der Waals surface area contributed by atoms with Gasteiger partial charge in [0.05, 0.1) is 12.2 Å². The highest BCUT2D eigenvalue weighted by Gasteiger charge is 2.10. The lowest BCUT2D eigenvalue weighted by molar-refractivity contribution is 0.953. The maximum absolute atomic E-state index is 4.16.